The molecule has 8 heteroatoms. The fourth-order valence-corrected chi connectivity index (χ4v) is 5.20. The van der Waals surface area contributed by atoms with E-state index in [2.05, 4.69) is 18.3 Å². The van der Waals surface area contributed by atoms with Crippen LogP contribution < -0.4 is 5.32 Å². The predicted molar refractivity (Wildman–Crippen MR) is 102 cm³/mol. The van der Waals surface area contributed by atoms with E-state index in [0.29, 0.717) is 12.2 Å². The number of carbonyl (C=O) groups excluding carboxylic acids is 2. The summed E-state index contributed by atoms with van der Waals surface area (Å²) in [4.78, 5) is 25.0. The van der Waals surface area contributed by atoms with Crippen molar-refractivity contribution < 1.29 is 22.7 Å². The van der Waals surface area contributed by atoms with Gasteiger partial charge in [0.2, 0.25) is 0 Å². The van der Waals surface area contributed by atoms with Crippen molar-refractivity contribution in [2.75, 3.05) is 17.3 Å². The van der Waals surface area contributed by atoms with Crippen LogP contribution in [0.25, 0.3) is 0 Å². The summed E-state index contributed by atoms with van der Waals surface area (Å²) >= 11 is 1.56. The molecule has 0 aromatic heterocycles. The predicted octanol–water partition coefficient (Wildman–Crippen LogP) is 2.02. The maximum atomic E-state index is 12.0. The first kappa shape index (κ1) is 20.8. The Kier molecular flexibility index (Phi) is 7.11. The maximum Gasteiger partial charge on any atom is 0.307 e. The van der Waals surface area contributed by atoms with E-state index < -0.39 is 33.9 Å². The third-order valence-corrected chi connectivity index (χ3v) is 7.07. The highest BCUT2D eigenvalue weighted by Gasteiger charge is 2.30. The van der Waals surface area contributed by atoms with Gasteiger partial charge in [-0.2, -0.15) is 0 Å². The van der Waals surface area contributed by atoms with Crippen LogP contribution in [0.3, 0.4) is 0 Å². The summed E-state index contributed by atoms with van der Waals surface area (Å²) in [5.74, 6) is -0.296. The van der Waals surface area contributed by atoms with Gasteiger partial charge in [0.05, 0.1) is 17.9 Å². The largest absolute Gasteiger partial charge is 0.453 e. The normalized spacial score (nSPS) is 19.7. The van der Waals surface area contributed by atoms with E-state index in [0.717, 1.165) is 4.90 Å². The molecule has 144 valence electrons. The van der Waals surface area contributed by atoms with Crippen molar-refractivity contribution >= 4 is 33.5 Å². The van der Waals surface area contributed by atoms with Gasteiger partial charge >= 0.3 is 5.97 Å². The van der Waals surface area contributed by atoms with Gasteiger partial charge < -0.3 is 10.1 Å². The van der Waals surface area contributed by atoms with E-state index >= 15 is 0 Å². The minimum atomic E-state index is -3.06. The monoisotopic (exact) mass is 399 g/mol. The molecule has 26 heavy (non-hydrogen) atoms. The lowest BCUT2D eigenvalue weighted by Crippen LogP contribution is -2.42. The van der Waals surface area contributed by atoms with Crippen LogP contribution in [0.1, 0.15) is 30.9 Å². The molecular weight excluding hydrogens is 374 g/mol. The van der Waals surface area contributed by atoms with Crippen LogP contribution in [-0.2, 0) is 24.2 Å². The zero-order valence-corrected chi connectivity index (χ0v) is 16.9. The van der Waals surface area contributed by atoms with Crippen LogP contribution in [0.4, 0.5) is 0 Å². The Balaban J connectivity index is 1.71. The molecule has 0 spiro atoms. The van der Waals surface area contributed by atoms with Crippen LogP contribution >= 0.6 is 11.8 Å². The van der Waals surface area contributed by atoms with E-state index in [1.165, 1.54) is 18.1 Å². The molecule has 1 heterocycles. The minimum Gasteiger partial charge on any atom is -0.453 e. The summed E-state index contributed by atoms with van der Waals surface area (Å²) in [6, 6.07) is 5.75. The number of sulfone groups is 1. The molecule has 1 aliphatic rings. The number of ether oxygens (including phenoxy) is 1. The number of nitrogens with one attached hydrogen (secondary N) is 1. The lowest BCUT2D eigenvalue weighted by molar-refractivity contribution is -0.154. The van der Waals surface area contributed by atoms with Gasteiger partial charge in [0.25, 0.3) is 5.91 Å². The van der Waals surface area contributed by atoms with Gasteiger partial charge in [-0.1, -0.05) is 6.07 Å². The zero-order chi connectivity index (χ0) is 19.3. The number of thioether (sulfide) groups is 1. The Bertz CT molecular complexity index is 776. The molecule has 0 aliphatic carbocycles. The fourth-order valence-electron chi connectivity index (χ4n) is 2.59. The van der Waals surface area contributed by atoms with Gasteiger partial charge in [-0.3, -0.25) is 9.59 Å². The van der Waals surface area contributed by atoms with E-state index in [-0.39, 0.29) is 17.9 Å². The van der Waals surface area contributed by atoms with Crippen molar-refractivity contribution in [1.29, 1.82) is 0 Å². The Morgan fingerprint density at radius 3 is 2.65 bits per heavy atom. The number of amides is 1. The molecule has 6 nitrogen and oxygen atoms in total. The molecule has 1 amide bonds. The van der Waals surface area contributed by atoms with Crippen molar-refractivity contribution in [3.05, 3.63) is 29.3 Å². The van der Waals surface area contributed by atoms with Gasteiger partial charge in [0.1, 0.15) is 0 Å². The summed E-state index contributed by atoms with van der Waals surface area (Å²) in [5, 5.41) is 2.63. The highest BCUT2D eigenvalue weighted by atomic mass is 32.2. The first-order valence-corrected chi connectivity index (χ1v) is 11.4. The van der Waals surface area contributed by atoms with E-state index in [1.807, 2.05) is 19.1 Å². The smallest absolute Gasteiger partial charge is 0.307 e. The molecule has 0 saturated carbocycles. The Labute approximate surface area is 159 Å². The first-order valence-electron chi connectivity index (χ1n) is 8.56. The molecule has 1 aromatic rings. The Morgan fingerprint density at radius 1 is 1.31 bits per heavy atom. The van der Waals surface area contributed by atoms with Crippen molar-refractivity contribution in [1.82, 2.24) is 5.32 Å². The van der Waals surface area contributed by atoms with Crippen LogP contribution in [0.5, 0.6) is 0 Å². The van der Waals surface area contributed by atoms with Gasteiger partial charge in [-0.25, -0.2) is 8.42 Å². The van der Waals surface area contributed by atoms with E-state index in [9.17, 15) is 18.0 Å². The van der Waals surface area contributed by atoms with Crippen LogP contribution in [-0.4, -0.2) is 49.7 Å². The zero-order valence-electron chi connectivity index (χ0n) is 15.3. The van der Waals surface area contributed by atoms with Gasteiger partial charge in [-0.05, 0) is 50.5 Å². The molecule has 2 rings (SSSR count). The van der Waals surface area contributed by atoms with Gasteiger partial charge in [-0.15, -0.1) is 11.8 Å². The molecule has 0 bridgehead atoms. The second-order valence-corrected chi connectivity index (χ2v) is 9.98. The third-order valence-electron chi connectivity index (χ3n) is 4.31. The molecule has 1 saturated heterocycles. The number of hydrogen-bond acceptors (Lipinski definition) is 6. The molecule has 1 aromatic carbocycles. The third kappa shape index (κ3) is 6.32. The van der Waals surface area contributed by atoms with Crippen LogP contribution in [0.2, 0.25) is 0 Å². The summed E-state index contributed by atoms with van der Waals surface area (Å²) in [5.41, 5.74) is 2.43. The molecule has 2 atom stereocenters. The van der Waals surface area contributed by atoms with Crippen molar-refractivity contribution in [2.24, 2.45) is 0 Å². The summed E-state index contributed by atoms with van der Waals surface area (Å²) < 4.78 is 28.0. The number of hydrogen-bond donors (Lipinski definition) is 1. The number of esters is 1. The van der Waals surface area contributed by atoms with Crippen molar-refractivity contribution in [3.8, 4) is 0 Å². The lowest BCUT2D eigenvalue weighted by Gasteiger charge is -2.16. The Morgan fingerprint density at radius 2 is 2.04 bits per heavy atom. The van der Waals surface area contributed by atoms with Crippen molar-refractivity contribution in [2.45, 2.75) is 50.7 Å². The second-order valence-electron chi connectivity index (χ2n) is 6.59. The van der Waals surface area contributed by atoms with Crippen LogP contribution in [0, 0.1) is 13.8 Å². The minimum absolute atomic E-state index is 0.0496. The number of carbonyl (C=O) groups is 2. The summed E-state index contributed by atoms with van der Waals surface area (Å²) in [6.45, 7) is 5.59. The highest BCUT2D eigenvalue weighted by molar-refractivity contribution is 7.99. The standard InChI is InChI=1S/C18H25NO5S2/c1-12-4-5-16(10-13(12)2)25-8-6-17(20)24-14(3)18(21)19-15-7-9-26(22,23)11-15/h4-5,10,14-15H,6-9,11H2,1-3H3,(H,19,21)/t14-,15-/m0/s1. The quantitative estimate of drug-likeness (QED) is 0.557. The molecular formula is C18H25NO5S2. The molecule has 1 fully saturated rings. The Hall–Kier alpha value is -1.54. The fraction of sp³-hybridized carbons (Fsp3) is 0.556. The van der Waals surface area contributed by atoms with Gasteiger partial charge in [0, 0.05) is 16.7 Å². The average Bonchev–Trinajstić information content (AvgIpc) is 2.89. The maximum absolute atomic E-state index is 12.0. The number of benzene rings is 1. The van der Waals surface area contributed by atoms with E-state index in [4.69, 9.17) is 4.74 Å². The molecule has 1 N–H and O–H groups in total. The molecule has 1 aliphatic heterocycles. The van der Waals surface area contributed by atoms with Gasteiger partial charge in [0.15, 0.2) is 15.9 Å². The van der Waals surface area contributed by atoms with Crippen LogP contribution in [0.15, 0.2) is 23.1 Å². The lowest BCUT2D eigenvalue weighted by atomic mass is 10.1. The topological polar surface area (TPSA) is 89.5 Å². The first-order chi connectivity index (χ1) is 12.2. The van der Waals surface area contributed by atoms with Crippen molar-refractivity contribution in [3.63, 3.8) is 0 Å². The number of rotatable bonds is 7. The second kappa shape index (κ2) is 8.90. The highest BCUT2D eigenvalue weighted by Crippen LogP contribution is 2.22. The number of aryl methyl sites for hydroxylation is 2. The summed E-state index contributed by atoms with van der Waals surface area (Å²) in [7, 11) is -3.06. The molecule has 0 unspecified atom stereocenters. The average molecular weight is 400 g/mol. The summed E-state index contributed by atoms with van der Waals surface area (Å²) in [6.07, 6.45) is -0.327. The van der Waals surface area contributed by atoms with E-state index in [1.54, 1.807) is 11.8 Å². The SMILES string of the molecule is Cc1ccc(SCCC(=O)O[C@@H](C)C(=O)N[C@H]2CCS(=O)(=O)C2)cc1C. The molecule has 0 radical (unpaired) electrons.